The first-order valence-corrected chi connectivity index (χ1v) is 8.67. The van der Waals surface area contributed by atoms with Crippen LogP contribution in [0.2, 0.25) is 0 Å². The molecule has 0 heterocycles. The van der Waals surface area contributed by atoms with Crippen LogP contribution >= 0.6 is 24.0 Å². The van der Waals surface area contributed by atoms with Crippen LogP contribution in [0.4, 0.5) is 13.2 Å². The summed E-state index contributed by atoms with van der Waals surface area (Å²) in [6.07, 6.45) is -1.74. The Bertz CT molecular complexity index is 567. The standard InChI is InChI=1S/C18H27F3N4.HI/c1-13(2)25(16-8-9-16)11-10-23-17(22-3)24-12-14-4-6-15(7-5-14)18(19,20)21;/h4-7,13,16H,8-12H2,1-3H3,(H2,22,23,24);1H. The molecule has 148 valence electrons. The fourth-order valence-corrected chi connectivity index (χ4v) is 2.79. The third kappa shape index (κ3) is 7.30. The molecule has 2 rings (SSSR count). The highest BCUT2D eigenvalue weighted by molar-refractivity contribution is 14.0. The number of nitrogens with one attached hydrogen (secondary N) is 2. The number of aliphatic imine (C=N–C) groups is 1. The van der Waals surface area contributed by atoms with Crippen LogP contribution in [0.3, 0.4) is 0 Å². The van der Waals surface area contributed by atoms with Gasteiger partial charge in [0, 0.05) is 38.8 Å². The number of rotatable bonds is 7. The average Bonchev–Trinajstić information content (AvgIpc) is 3.38. The molecule has 1 saturated carbocycles. The zero-order chi connectivity index (χ0) is 18.4. The molecule has 4 nitrogen and oxygen atoms in total. The molecule has 0 atom stereocenters. The Balaban J connectivity index is 0.00000338. The summed E-state index contributed by atoms with van der Waals surface area (Å²) in [6, 6.07) is 6.40. The fourth-order valence-electron chi connectivity index (χ4n) is 2.79. The van der Waals surface area contributed by atoms with E-state index in [1.807, 2.05) is 0 Å². The molecule has 0 bridgehead atoms. The molecule has 0 aliphatic heterocycles. The molecule has 0 radical (unpaired) electrons. The van der Waals surface area contributed by atoms with Crippen molar-refractivity contribution in [3.8, 4) is 0 Å². The van der Waals surface area contributed by atoms with Gasteiger partial charge in [0.2, 0.25) is 0 Å². The van der Waals surface area contributed by atoms with Crippen LogP contribution in [-0.2, 0) is 12.7 Å². The molecule has 0 spiro atoms. The Morgan fingerprint density at radius 1 is 1.19 bits per heavy atom. The minimum Gasteiger partial charge on any atom is -0.355 e. The predicted octanol–water partition coefficient (Wildman–Crippen LogP) is 3.86. The van der Waals surface area contributed by atoms with Gasteiger partial charge in [0.15, 0.2) is 5.96 Å². The Hall–Kier alpha value is -1.03. The van der Waals surface area contributed by atoms with Crippen molar-refractivity contribution in [2.24, 2.45) is 4.99 Å². The van der Waals surface area contributed by atoms with Crippen molar-refractivity contribution in [3.63, 3.8) is 0 Å². The molecule has 0 amide bonds. The minimum atomic E-state index is -4.30. The van der Waals surface area contributed by atoms with Crippen molar-refractivity contribution >= 4 is 29.9 Å². The molecule has 1 fully saturated rings. The topological polar surface area (TPSA) is 39.7 Å². The maximum Gasteiger partial charge on any atom is 0.416 e. The van der Waals surface area contributed by atoms with Gasteiger partial charge in [-0.2, -0.15) is 13.2 Å². The zero-order valence-corrected chi connectivity index (χ0v) is 17.8. The smallest absolute Gasteiger partial charge is 0.355 e. The van der Waals surface area contributed by atoms with Gasteiger partial charge in [-0.05, 0) is 44.4 Å². The van der Waals surface area contributed by atoms with E-state index in [-0.39, 0.29) is 24.0 Å². The van der Waals surface area contributed by atoms with Crippen LogP contribution in [0.1, 0.15) is 37.8 Å². The summed E-state index contributed by atoms with van der Waals surface area (Å²) in [5, 5.41) is 6.39. The second kappa shape index (κ2) is 10.3. The Morgan fingerprint density at radius 2 is 1.81 bits per heavy atom. The maximum atomic E-state index is 12.6. The summed E-state index contributed by atoms with van der Waals surface area (Å²) >= 11 is 0. The molecule has 0 saturated heterocycles. The van der Waals surface area contributed by atoms with Gasteiger partial charge in [-0.1, -0.05) is 12.1 Å². The highest BCUT2D eigenvalue weighted by Crippen LogP contribution is 2.29. The number of hydrogen-bond donors (Lipinski definition) is 2. The van der Waals surface area contributed by atoms with Crippen LogP contribution in [0.25, 0.3) is 0 Å². The maximum absolute atomic E-state index is 12.6. The Kier molecular flexibility index (Phi) is 9.15. The first-order chi connectivity index (χ1) is 11.8. The molecular weight excluding hydrogens is 456 g/mol. The van der Waals surface area contributed by atoms with Gasteiger partial charge in [-0.25, -0.2) is 0 Å². The lowest BCUT2D eigenvalue weighted by atomic mass is 10.1. The van der Waals surface area contributed by atoms with Crippen molar-refractivity contribution in [2.75, 3.05) is 20.1 Å². The number of hydrogen-bond acceptors (Lipinski definition) is 2. The predicted molar refractivity (Wildman–Crippen MR) is 110 cm³/mol. The van der Waals surface area contributed by atoms with Gasteiger partial charge >= 0.3 is 6.18 Å². The molecule has 0 unspecified atom stereocenters. The molecule has 0 aromatic heterocycles. The third-order valence-corrected chi connectivity index (χ3v) is 4.31. The molecule has 1 aromatic rings. The minimum absolute atomic E-state index is 0. The van der Waals surface area contributed by atoms with Crippen LogP contribution < -0.4 is 10.6 Å². The summed E-state index contributed by atoms with van der Waals surface area (Å²) in [4.78, 5) is 6.64. The van der Waals surface area contributed by atoms with Crippen LogP contribution in [0.5, 0.6) is 0 Å². The second-order valence-electron chi connectivity index (χ2n) is 6.61. The molecular formula is C18H28F3IN4. The van der Waals surface area contributed by atoms with E-state index in [1.54, 1.807) is 7.05 Å². The number of nitrogens with zero attached hydrogens (tertiary/aromatic N) is 2. The lowest BCUT2D eigenvalue weighted by Crippen LogP contribution is -2.43. The first kappa shape index (κ1) is 23.0. The van der Waals surface area contributed by atoms with E-state index in [4.69, 9.17) is 0 Å². The van der Waals surface area contributed by atoms with Crippen LogP contribution in [-0.4, -0.2) is 43.1 Å². The number of guanidine groups is 1. The molecule has 1 aliphatic carbocycles. The van der Waals surface area contributed by atoms with Crippen molar-refractivity contribution in [1.29, 1.82) is 0 Å². The lowest BCUT2D eigenvalue weighted by molar-refractivity contribution is -0.137. The van der Waals surface area contributed by atoms with Gasteiger partial charge < -0.3 is 10.6 Å². The van der Waals surface area contributed by atoms with Crippen LogP contribution in [0.15, 0.2) is 29.3 Å². The van der Waals surface area contributed by atoms with E-state index < -0.39 is 11.7 Å². The van der Waals surface area contributed by atoms with Gasteiger partial charge in [0.25, 0.3) is 0 Å². The number of benzene rings is 1. The second-order valence-corrected chi connectivity index (χ2v) is 6.61. The quantitative estimate of drug-likeness (QED) is 0.351. The summed E-state index contributed by atoms with van der Waals surface area (Å²) < 4.78 is 37.7. The van der Waals surface area contributed by atoms with E-state index in [2.05, 4.69) is 34.4 Å². The Morgan fingerprint density at radius 3 is 2.27 bits per heavy atom. The van der Waals surface area contributed by atoms with E-state index in [0.29, 0.717) is 24.6 Å². The SMILES string of the molecule is CN=C(NCCN(C(C)C)C1CC1)NCc1ccc(C(F)(F)F)cc1.I. The summed E-state index contributed by atoms with van der Waals surface area (Å²) in [7, 11) is 1.68. The van der Waals surface area contributed by atoms with E-state index in [9.17, 15) is 13.2 Å². The van der Waals surface area contributed by atoms with Crippen LogP contribution in [0, 0.1) is 0 Å². The van der Waals surface area contributed by atoms with Crippen molar-refractivity contribution < 1.29 is 13.2 Å². The highest BCUT2D eigenvalue weighted by Gasteiger charge is 2.30. The van der Waals surface area contributed by atoms with E-state index in [1.165, 1.54) is 25.0 Å². The molecule has 8 heteroatoms. The van der Waals surface area contributed by atoms with Gasteiger partial charge in [-0.15, -0.1) is 24.0 Å². The largest absolute Gasteiger partial charge is 0.416 e. The summed E-state index contributed by atoms with van der Waals surface area (Å²) in [5.74, 6) is 0.652. The van der Waals surface area contributed by atoms with Gasteiger partial charge in [0.1, 0.15) is 0 Å². The monoisotopic (exact) mass is 484 g/mol. The summed E-state index contributed by atoms with van der Waals surface area (Å²) in [5.41, 5.74) is 0.144. The van der Waals surface area contributed by atoms with E-state index in [0.717, 1.165) is 30.8 Å². The Labute approximate surface area is 170 Å². The normalized spacial score (nSPS) is 15.2. The number of halogens is 4. The third-order valence-electron chi connectivity index (χ3n) is 4.31. The molecule has 1 aliphatic rings. The highest BCUT2D eigenvalue weighted by atomic mass is 127. The van der Waals surface area contributed by atoms with Gasteiger partial charge in [0.05, 0.1) is 5.56 Å². The number of alkyl halides is 3. The average molecular weight is 484 g/mol. The van der Waals surface area contributed by atoms with E-state index >= 15 is 0 Å². The molecule has 1 aromatic carbocycles. The fraction of sp³-hybridized carbons (Fsp3) is 0.611. The van der Waals surface area contributed by atoms with Crippen molar-refractivity contribution in [3.05, 3.63) is 35.4 Å². The molecule has 26 heavy (non-hydrogen) atoms. The van der Waals surface area contributed by atoms with Crippen molar-refractivity contribution in [2.45, 2.75) is 51.5 Å². The lowest BCUT2D eigenvalue weighted by Gasteiger charge is -2.26. The first-order valence-electron chi connectivity index (χ1n) is 8.67. The summed E-state index contributed by atoms with van der Waals surface area (Å²) in [6.45, 7) is 6.56. The molecule has 2 N–H and O–H groups in total. The zero-order valence-electron chi connectivity index (χ0n) is 15.4. The van der Waals surface area contributed by atoms with Gasteiger partial charge in [-0.3, -0.25) is 9.89 Å². The van der Waals surface area contributed by atoms with Crippen molar-refractivity contribution in [1.82, 2.24) is 15.5 Å².